The third-order valence-corrected chi connectivity index (χ3v) is 6.25. The number of benzene rings is 1. The Bertz CT molecular complexity index is 753. The summed E-state index contributed by atoms with van der Waals surface area (Å²) in [6.45, 7) is 0.984. The number of hydrogen-bond acceptors (Lipinski definition) is 3. The molecule has 1 aromatic carbocycles. The SMILES string of the molecule is O=C1CN(C2CCCCC2)C(=O)C2(CNC2)N1Cc1ccc(C(F)(F)F)cc1. The van der Waals surface area contributed by atoms with Crippen LogP contribution in [0.5, 0.6) is 0 Å². The predicted molar refractivity (Wildman–Crippen MR) is 96.2 cm³/mol. The summed E-state index contributed by atoms with van der Waals surface area (Å²) < 4.78 is 38.3. The van der Waals surface area contributed by atoms with Crippen molar-refractivity contribution < 1.29 is 22.8 Å². The number of carbonyl (C=O) groups is 2. The quantitative estimate of drug-likeness (QED) is 0.856. The molecule has 0 unspecified atom stereocenters. The molecule has 2 saturated heterocycles. The topological polar surface area (TPSA) is 52.7 Å². The number of carbonyl (C=O) groups excluding carboxylic acids is 2. The predicted octanol–water partition coefficient (Wildman–Crippen LogP) is 2.55. The molecular weight excluding hydrogens is 371 g/mol. The lowest BCUT2D eigenvalue weighted by Crippen LogP contribution is -2.80. The van der Waals surface area contributed by atoms with E-state index in [-0.39, 0.29) is 30.9 Å². The van der Waals surface area contributed by atoms with Gasteiger partial charge in [0, 0.05) is 25.7 Å². The van der Waals surface area contributed by atoms with Gasteiger partial charge in [0.05, 0.1) is 5.56 Å². The summed E-state index contributed by atoms with van der Waals surface area (Å²) in [4.78, 5) is 29.6. The molecule has 152 valence electrons. The number of halogens is 3. The zero-order chi connectivity index (χ0) is 19.9. The summed E-state index contributed by atoms with van der Waals surface area (Å²) in [5.41, 5.74) is -1.04. The van der Waals surface area contributed by atoms with Crippen LogP contribution in [0.3, 0.4) is 0 Å². The molecule has 8 heteroatoms. The molecule has 3 fully saturated rings. The van der Waals surface area contributed by atoms with Crippen LogP contribution >= 0.6 is 0 Å². The minimum Gasteiger partial charge on any atom is -0.328 e. The van der Waals surface area contributed by atoms with Crippen LogP contribution in [0, 0.1) is 0 Å². The second-order valence-corrected chi connectivity index (χ2v) is 8.03. The third-order valence-electron chi connectivity index (χ3n) is 6.25. The van der Waals surface area contributed by atoms with E-state index in [2.05, 4.69) is 5.32 Å². The first-order valence-electron chi connectivity index (χ1n) is 9.80. The van der Waals surface area contributed by atoms with Gasteiger partial charge in [-0.1, -0.05) is 31.4 Å². The van der Waals surface area contributed by atoms with Gasteiger partial charge in [-0.05, 0) is 30.5 Å². The Hall–Kier alpha value is -2.09. The van der Waals surface area contributed by atoms with Crippen LogP contribution in [0.2, 0.25) is 0 Å². The summed E-state index contributed by atoms with van der Waals surface area (Å²) in [5.74, 6) is -0.156. The van der Waals surface area contributed by atoms with E-state index in [1.54, 1.807) is 9.80 Å². The highest BCUT2D eigenvalue weighted by atomic mass is 19.4. The highest BCUT2D eigenvalue weighted by Gasteiger charge is 2.57. The number of rotatable bonds is 3. The fourth-order valence-corrected chi connectivity index (χ4v) is 4.54. The maximum atomic E-state index is 13.3. The molecule has 1 spiro atoms. The first kappa shape index (κ1) is 19.2. The Morgan fingerprint density at radius 1 is 1.04 bits per heavy atom. The number of amides is 2. The lowest BCUT2D eigenvalue weighted by Gasteiger charge is -2.55. The molecule has 5 nitrogen and oxygen atoms in total. The molecule has 0 radical (unpaired) electrons. The van der Waals surface area contributed by atoms with Crippen molar-refractivity contribution in [1.29, 1.82) is 0 Å². The van der Waals surface area contributed by atoms with Gasteiger partial charge >= 0.3 is 6.18 Å². The molecule has 28 heavy (non-hydrogen) atoms. The van der Waals surface area contributed by atoms with Crippen molar-refractivity contribution in [2.24, 2.45) is 0 Å². The van der Waals surface area contributed by atoms with Gasteiger partial charge in [0.2, 0.25) is 5.91 Å². The molecule has 1 N–H and O–H groups in total. The van der Waals surface area contributed by atoms with Crippen LogP contribution in [0.25, 0.3) is 0 Å². The average molecular weight is 395 g/mol. The van der Waals surface area contributed by atoms with E-state index in [0.29, 0.717) is 18.7 Å². The number of alkyl halides is 3. The molecule has 1 aromatic rings. The number of nitrogens with zero attached hydrogens (tertiary/aromatic N) is 2. The van der Waals surface area contributed by atoms with Gasteiger partial charge < -0.3 is 15.1 Å². The summed E-state index contributed by atoms with van der Waals surface area (Å²) in [5, 5.41) is 3.10. The molecule has 0 bridgehead atoms. The lowest BCUT2D eigenvalue weighted by atomic mass is 9.83. The fraction of sp³-hybridized carbons (Fsp3) is 0.600. The Balaban J connectivity index is 1.54. The molecule has 2 heterocycles. The minimum absolute atomic E-state index is 0.0235. The number of hydrogen-bond donors (Lipinski definition) is 1. The normalized spacial score (nSPS) is 23.2. The van der Waals surface area contributed by atoms with Crippen LogP contribution in [0.1, 0.15) is 43.2 Å². The largest absolute Gasteiger partial charge is 0.416 e. The fourth-order valence-electron chi connectivity index (χ4n) is 4.54. The van der Waals surface area contributed by atoms with Crippen molar-refractivity contribution in [2.45, 2.75) is 56.4 Å². The Morgan fingerprint density at radius 2 is 1.68 bits per heavy atom. The highest BCUT2D eigenvalue weighted by Crippen LogP contribution is 2.34. The van der Waals surface area contributed by atoms with Gasteiger partial charge in [0.15, 0.2) is 0 Å². The van der Waals surface area contributed by atoms with E-state index < -0.39 is 17.3 Å². The number of nitrogens with one attached hydrogen (secondary N) is 1. The van der Waals surface area contributed by atoms with Crippen molar-refractivity contribution >= 4 is 11.8 Å². The summed E-state index contributed by atoms with van der Waals surface area (Å²) in [6.07, 6.45) is 0.781. The zero-order valence-corrected chi connectivity index (χ0v) is 15.6. The molecule has 4 rings (SSSR count). The van der Waals surface area contributed by atoms with E-state index in [0.717, 1.165) is 37.8 Å². The van der Waals surface area contributed by atoms with Gasteiger partial charge in [-0.3, -0.25) is 9.59 Å². The maximum absolute atomic E-state index is 13.3. The molecule has 0 aromatic heterocycles. The van der Waals surface area contributed by atoms with E-state index in [1.807, 2.05) is 0 Å². The standard InChI is InChI=1S/C20H24F3N3O2/c21-20(22,23)15-8-6-14(7-9-15)10-26-17(27)11-25(16-4-2-1-3-5-16)18(28)19(26)12-24-13-19/h6-9,16,24H,1-5,10-13H2. The van der Waals surface area contributed by atoms with Crippen molar-refractivity contribution in [3.63, 3.8) is 0 Å². The highest BCUT2D eigenvalue weighted by molar-refractivity contribution is 5.99. The summed E-state index contributed by atoms with van der Waals surface area (Å²) in [6, 6.07) is 4.93. The molecule has 2 aliphatic heterocycles. The Labute approximate surface area is 161 Å². The van der Waals surface area contributed by atoms with Gasteiger partial charge in [0.25, 0.3) is 5.91 Å². The van der Waals surface area contributed by atoms with E-state index in [9.17, 15) is 22.8 Å². The molecule has 2 amide bonds. The first-order valence-corrected chi connectivity index (χ1v) is 9.80. The summed E-state index contributed by atoms with van der Waals surface area (Å²) >= 11 is 0. The minimum atomic E-state index is -4.39. The van der Waals surface area contributed by atoms with Crippen molar-refractivity contribution in [2.75, 3.05) is 19.6 Å². The smallest absolute Gasteiger partial charge is 0.328 e. The van der Waals surface area contributed by atoms with Crippen LogP contribution in [-0.4, -0.2) is 52.8 Å². The monoisotopic (exact) mass is 395 g/mol. The molecule has 0 atom stereocenters. The van der Waals surface area contributed by atoms with Crippen LogP contribution in [0.4, 0.5) is 13.2 Å². The van der Waals surface area contributed by atoms with Gasteiger partial charge in [-0.15, -0.1) is 0 Å². The van der Waals surface area contributed by atoms with Gasteiger partial charge in [-0.25, -0.2) is 0 Å². The Morgan fingerprint density at radius 3 is 2.21 bits per heavy atom. The second kappa shape index (κ2) is 7.06. The molecule has 1 saturated carbocycles. The van der Waals surface area contributed by atoms with Crippen LogP contribution in [0.15, 0.2) is 24.3 Å². The number of piperazine rings is 1. The Kier molecular flexibility index (Phi) is 4.85. The average Bonchev–Trinajstić information content (AvgIpc) is 2.64. The van der Waals surface area contributed by atoms with Crippen LogP contribution < -0.4 is 5.32 Å². The van der Waals surface area contributed by atoms with E-state index >= 15 is 0 Å². The van der Waals surface area contributed by atoms with Crippen LogP contribution in [-0.2, 0) is 22.3 Å². The van der Waals surface area contributed by atoms with E-state index in [4.69, 9.17) is 0 Å². The lowest BCUT2D eigenvalue weighted by molar-refractivity contribution is -0.173. The van der Waals surface area contributed by atoms with Gasteiger partial charge in [-0.2, -0.15) is 13.2 Å². The zero-order valence-electron chi connectivity index (χ0n) is 15.6. The molecule has 1 aliphatic carbocycles. The van der Waals surface area contributed by atoms with Gasteiger partial charge in [0.1, 0.15) is 12.1 Å². The van der Waals surface area contributed by atoms with Crippen molar-refractivity contribution in [3.8, 4) is 0 Å². The maximum Gasteiger partial charge on any atom is 0.416 e. The molecule has 3 aliphatic rings. The summed E-state index contributed by atoms with van der Waals surface area (Å²) in [7, 11) is 0. The van der Waals surface area contributed by atoms with E-state index in [1.165, 1.54) is 18.6 Å². The first-order chi connectivity index (χ1) is 13.3. The van der Waals surface area contributed by atoms with Crippen molar-refractivity contribution in [3.05, 3.63) is 35.4 Å². The van der Waals surface area contributed by atoms with Crippen molar-refractivity contribution in [1.82, 2.24) is 15.1 Å². The third kappa shape index (κ3) is 3.27. The second-order valence-electron chi connectivity index (χ2n) is 8.03. The molecular formula is C20H24F3N3O2.